The molecule has 8 heteroatoms. The molecule has 0 saturated heterocycles. The van der Waals surface area contributed by atoms with Crippen LogP contribution >= 0.6 is 39.0 Å². The van der Waals surface area contributed by atoms with E-state index in [4.69, 9.17) is 4.98 Å². The normalized spacial score (nSPS) is 15.3. The average Bonchev–Trinajstić information content (AvgIpc) is 3.36. The van der Waals surface area contributed by atoms with E-state index in [2.05, 4.69) is 34.0 Å². The molecule has 186 valence electrons. The molecule has 0 aliphatic heterocycles. The van der Waals surface area contributed by atoms with Gasteiger partial charge in [-0.25, -0.2) is 4.98 Å². The molecular weight excluding hydrogens is 554 g/mol. The van der Waals surface area contributed by atoms with E-state index in [-0.39, 0.29) is 17.1 Å². The monoisotopic (exact) mass is 581 g/mol. The molecule has 1 aliphatic carbocycles. The van der Waals surface area contributed by atoms with Crippen LogP contribution in [0.15, 0.2) is 57.4 Å². The summed E-state index contributed by atoms with van der Waals surface area (Å²) in [5.41, 5.74) is 4.79. The van der Waals surface area contributed by atoms with Gasteiger partial charge in [-0.1, -0.05) is 40.7 Å². The zero-order chi connectivity index (χ0) is 25.6. The lowest BCUT2D eigenvalue weighted by Gasteiger charge is -2.17. The molecule has 3 heterocycles. The van der Waals surface area contributed by atoms with Crippen LogP contribution in [0.1, 0.15) is 45.5 Å². The molecule has 0 radical (unpaired) electrons. The number of allylic oxidation sites excluding steroid dienone is 1. The van der Waals surface area contributed by atoms with Gasteiger partial charge >= 0.3 is 0 Å². The molecule has 0 amide bonds. The number of fused-ring (bicyclic) bond motifs is 3. The summed E-state index contributed by atoms with van der Waals surface area (Å²) in [6, 6.07) is 10.00. The van der Waals surface area contributed by atoms with Gasteiger partial charge in [0.25, 0.3) is 5.56 Å². The van der Waals surface area contributed by atoms with Gasteiger partial charge in [0.15, 0.2) is 10.9 Å². The van der Waals surface area contributed by atoms with E-state index in [9.17, 15) is 9.59 Å². The molecule has 5 nitrogen and oxygen atoms in total. The van der Waals surface area contributed by atoms with Crippen LogP contribution in [0, 0.1) is 19.8 Å². The van der Waals surface area contributed by atoms with Crippen LogP contribution in [0.5, 0.6) is 0 Å². The first-order valence-electron chi connectivity index (χ1n) is 12.0. The fourth-order valence-corrected chi connectivity index (χ4v) is 7.63. The second-order valence-electron chi connectivity index (χ2n) is 9.44. The quantitative estimate of drug-likeness (QED) is 0.103. The first-order valence-corrected chi connectivity index (χ1v) is 14.6. The third-order valence-electron chi connectivity index (χ3n) is 6.84. The molecule has 1 atom stereocenters. The predicted molar refractivity (Wildman–Crippen MR) is 153 cm³/mol. The molecule has 3 aromatic heterocycles. The van der Waals surface area contributed by atoms with E-state index in [0.717, 1.165) is 51.0 Å². The smallest absolute Gasteiger partial charge is 0.263 e. The lowest BCUT2D eigenvalue weighted by molar-refractivity contribution is 0.102. The maximum atomic E-state index is 13.5. The van der Waals surface area contributed by atoms with Crippen LogP contribution in [0.3, 0.4) is 0 Å². The number of Topliss-reactive ketones (excluding diaryl/α,β-unsaturated/α-hetero) is 1. The summed E-state index contributed by atoms with van der Waals surface area (Å²) in [6.45, 7) is 10.5. The molecule has 5 rings (SSSR count). The molecule has 0 bridgehead atoms. The summed E-state index contributed by atoms with van der Waals surface area (Å²) in [5.74, 6) is 0.862. The van der Waals surface area contributed by atoms with Crippen molar-refractivity contribution in [2.75, 3.05) is 5.75 Å². The topological polar surface area (TPSA) is 56.9 Å². The SMILES string of the molecule is C=CCn1c(SCC(=O)c2cc(C)n(-c3ccc(Br)cc3)c2C)nc2sc3c(c2c1=O)CCC(C)C3. The molecule has 0 spiro atoms. The van der Waals surface area contributed by atoms with Gasteiger partial charge < -0.3 is 4.57 Å². The van der Waals surface area contributed by atoms with Crippen molar-refractivity contribution in [3.8, 4) is 5.69 Å². The van der Waals surface area contributed by atoms with E-state index >= 15 is 0 Å². The van der Waals surface area contributed by atoms with Crippen molar-refractivity contribution in [3.63, 3.8) is 0 Å². The highest BCUT2D eigenvalue weighted by Crippen LogP contribution is 2.36. The van der Waals surface area contributed by atoms with Crippen molar-refractivity contribution < 1.29 is 4.79 Å². The second-order valence-corrected chi connectivity index (χ2v) is 12.4. The number of aromatic nitrogens is 3. The van der Waals surface area contributed by atoms with E-state index in [1.807, 2.05) is 44.2 Å². The Kier molecular flexibility index (Phi) is 7.12. The van der Waals surface area contributed by atoms with E-state index in [0.29, 0.717) is 23.2 Å². The predicted octanol–water partition coefficient (Wildman–Crippen LogP) is 6.91. The van der Waals surface area contributed by atoms with Crippen molar-refractivity contribution in [2.24, 2.45) is 5.92 Å². The Morgan fingerprint density at radius 1 is 1.31 bits per heavy atom. The Labute approximate surface area is 227 Å². The number of carbonyl (C=O) groups is 1. The zero-order valence-corrected chi connectivity index (χ0v) is 23.9. The highest BCUT2D eigenvalue weighted by atomic mass is 79.9. The fourth-order valence-electron chi connectivity index (χ4n) is 5.05. The minimum atomic E-state index is -0.0182. The van der Waals surface area contributed by atoms with Gasteiger partial charge in [0, 0.05) is 38.5 Å². The molecule has 0 saturated carbocycles. The van der Waals surface area contributed by atoms with Crippen molar-refractivity contribution >= 4 is 55.0 Å². The molecule has 0 N–H and O–H groups in total. The lowest BCUT2D eigenvalue weighted by atomic mass is 9.89. The van der Waals surface area contributed by atoms with E-state index in [1.54, 1.807) is 22.0 Å². The standard InChI is InChI=1S/C28H28BrN3O2S2/c1-5-12-31-27(34)25-21-11-6-16(2)13-24(21)36-26(25)30-28(31)35-15-23(33)22-14-17(3)32(18(22)4)20-9-7-19(29)8-10-20/h5,7-10,14,16H,1,6,11-13,15H2,2-4H3. The van der Waals surface area contributed by atoms with Crippen molar-refractivity contribution in [2.45, 2.75) is 51.7 Å². The number of thioether (sulfide) groups is 1. The van der Waals surface area contributed by atoms with E-state index < -0.39 is 0 Å². The average molecular weight is 583 g/mol. The number of aryl methyl sites for hydroxylation is 2. The van der Waals surface area contributed by atoms with Crippen LogP contribution < -0.4 is 5.56 Å². The lowest BCUT2D eigenvalue weighted by Crippen LogP contribution is -2.24. The number of thiophene rings is 1. The first-order chi connectivity index (χ1) is 17.3. The highest BCUT2D eigenvalue weighted by molar-refractivity contribution is 9.10. The van der Waals surface area contributed by atoms with Crippen LogP contribution in [0.25, 0.3) is 15.9 Å². The summed E-state index contributed by atoms with van der Waals surface area (Å²) < 4.78 is 4.78. The molecule has 0 fully saturated rings. The van der Waals surface area contributed by atoms with Gasteiger partial charge in [0.2, 0.25) is 0 Å². The van der Waals surface area contributed by atoms with Crippen LogP contribution in [0.2, 0.25) is 0 Å². The maximum Gasteiger partial charge on any atom is 0.263 e. The Morgan fingerprint density at radius 3 is 2.78 bits per heavy atom. The number of carbonyl (C=O) groups excluding carboxylic acids is 1. The summed E-state index contributed by atoms with van der Waals surface area (Å²) >= 11 is 6.45. The minimum absolute atomic E-state index is 0.0182. The summed E-state index contributed by atoms with van der Waals surface area (Å²) in [6.07, 6.45) is 4.75. The third-order valence-corrected chi connectivity index (χ3v) is 9.49. The summed E-state index contributed by atoms with van der Waals surface area (Å²) in [5, 5.41) is 1.34. The molecular formula is C28H28BrN3O2S2. The second kappa shape index (κ2) is 10.1. The number of halogens is 1. The van der Waals surface area contributed by atoms with Gasteiger partial charge in [-0.05, 0) is 74.9 Å². The first kappa shape index (κ1) is 25.2. The van der Waals surface area contributed by atoms with E-state index in [1.165, 1.54) is 22.2 Å². The number of hydrogen-bond donors (Lipinski definition) is 0. The number of hydrogen-bond acceptors (Lipinski definition) is 5. The van der Waals surface area contributed by atoms with Gasteiger partial charge in [-0.3, -0.25) is 14.2 Å². The molecule has 36 heavy (non-hydrogen) atoms. The van der Waals surface area contributed by atoms with Gasteiger partial charge in [-0.15, -0.1) is 17.9 Å². The Balaban J connectivity index is 1.45. The van der Waals surface area contributed by atoms with Crippen molar-refractivity contribution in [3.05, 3.63) is 85.2 Å². The number of benzene rings is 1. The van der Waals surface area contributed by atoms with Crippen LogP contribution in [-0.2, 0) is 19.4 Å². The largest absolute Gasteiger partial charge is 0.318 e. The van der Waals surface area contributed by atoms with Crippen molar-refractivity contribution in [1.29, 1.82) is 0 Å². The molecule has 4 aromatic rings. The van der Waals surface area contributed by atoms with Gasteiger partial charge in [0.05, 0.1) is 11.1 Å². The third kappa shape index (κ3) is 4.55. The Morgan fingerprint density at radius 2 is 2.06 bits per heavy atom. The summed E-state index contributed by atoms with van der Waals surface area (Å²) in [4.78, 5) is 33.8. The Bertz CT molecular complexity index is 1550. The molecule has 1 aromatic carbocycles. The van der Waals surface area contributed by atoms with Crippen molar-refractivity contribution in [1.82, 2.24) is 14.1 Å². The highest BCUT2D eigenvalue weighted by Gasteiger charge is 2.25. The maximum absolute atomic E-state index is 13.5. The van der Waals surface area contributed by atoms with Gasteiger partial charge in [-0.2, -0.15) is 0 Å². The number of nitrogens with zero attached hydrogens (tertiary/aromatic N) is 3. The molecule has 1 aliphatic rings. The zero-order valence-electron chi connectivity index (χ0n) is 20.6. The van der Waals surface area contributed by atoms with Gasteiger partial charge in [0.1, 0.15) is 4.83 Å². The number of rotatable bonds is 7. The fraction of sp³-hybridized carbons (Fsp3) is 0.321. The molecule has 1 unspecified atom stereocenters. The number of ketones is 1. The minimum Gasteiger partial charge on any atom is -0.318 e. The summed E-state index contributed by atoms with van der Waals surface area (Å²) in [7, 11) is 0. The van der Waals surface area contributed by atoms with Crippen LogP contribution in [-0.4, -0.2) is 25.7 Å². The Hall–Kier alpha value is -2.42. The van der Waals surface area contributed by atoms with Crippen LogP contribution in [0.4, 0.5) is 0 Å².